The summed E-state index contributed by atoms with van der Waals surface area (Å²) < 4.78 is 4.86. The maximum atomic E-state index is 11.7. The largest absolute Gasteiger partial charge is 0.490 e. The second-order valence-electron chi connectivity index (χ2n) is 3.80. The SMILES string of the molecule is COc1ccc(C(=O)CN(C)C)cc1[N+](=O)[O-]. The molecule has 6 heteroatoms. The topological polar surface area (TPSA) is 72.7 Å². The van der Waals surface area contributed by atoms with Gasteiger partial charge in [0.25, 0.3) is 0 Å². The van der Waals surface area contributed by atoms with Crippen LogP contribution in [0, 0.1) is 10.1 Å². The van der Waals surface area contributed by atoms with Gasteiger partial charge < -0.3 is 9.64 Å². The van der Waals surface area contributed by atoms with Crippen molar-refractivity contribution in [3.05, 3.63) is 33.9 Å². The van der Waals surface area contributed by atoms with Crippen LogP contribution < -0.4 is 4.74 Å². The molecule has 0 heterocycles. The molecule has 0 aliphatic carbocycles. The average Bonchev–Trinajstić information content (AvgIpc) is 2.27. The third kappa shape index (κ3) is 3.25. The number of rotatable bonds is 5. The molecule has 1 aromatic rings. The van der Waals surface area contributed by atoms with Crippen molar-refractivity contribution in [2.24, 2.45) is 0 Å². The monoisotopic (exact) mass is 238 g/mol. The molecule has 6 nitrogen and oxygen atoms in total. The third-order valence-corrected chi connectivity index (χ3v) is 2.16. The molecule has 92 valence electrons. The van der Waals surface area contributed by atoms with Crippen LogP contribution in [0.25, 0.3) is 0 Å². The standard InChI is InChI=1S/C11H14N2O4/c1-12(2)7-10(14)8-4-5-11(17-3)9(6-8)13(15)16/h4-6H,7H2,1-3H3. The van der Waals surface area contributed by atoms with Gasteiger partial charge >= 0.3 is 5.69 Å². The fourth-order valence-electron chi connectivity index (χ4n) is 1.38. The first kappa shape index (κ1) is 13.1. The Balaban J connectivity index is 3.08. The predicted molar refractivity (Wildman–Crippen MR) is 62.5 cm³/mol. The van der Waals surface area contributed by atoms with Crippen molar-refractivity contribution in [2.45, 2.75) is 0 Å². The molecule has 0 atom stereocenters. The summed E-state index contributed by atoms with van der Waals surface area (Å²) >= 11 is 0. The minimum Gasteiger partial charge on any atom is -0.490 e. The minimum atomic E-state index is -0.564. The van der Waals surface area contributed by atoms with Gasteiger partial charge in [0.15, 0.2) is 11.5 Å². The molecule has 0 bridgehead atoms. The first-order chi connectivity index (χ1) is 7.95. The zero-order valence-corrected chi connectivity index (χ0v) is 9.97. The Labute approximate surface area is 98.9 Å². The molecular formula is C11H14N2O4. The molecule has 0 amide bonds. The fourth-order valence-corrected chi connectivity index (χ4v) is 1.38. The summed E-state index contributed by atoms with van der Waals surface area (Å²) in [6.07, 6.45) is 0. The van der Waals surface area contributed by atoms with Crippen LogP contribution in [0.2, 0.25) is 0 Å². The van der Waals surface area contributed by atoms with Crippen LogP contribution in [0.3, 0.4) is 0 Å². The van der Waals surface area contributed by atoms with E-state index in [2.05, 4.69) is 0 Å². The summed E-state index contributed by atoms with van der Waals surface area (Å²) in [5.74, 6) is -0.0165. The van der Waals surface area contributed by atoms with Gasteiger partial charge in [-0.15, -0.1) is 0 Å². The van der Waals surface area contributed by atoms with Crippen molar-refractivity contribution in [3.8, 4) is 5.75 Å². The first-order valence-corrected chi connectivity index (χ1v) is 4.96. The predicted octanol–water partition coefficient (Wildman–Crippen LogP) is 1.35. The van der Waals surface area contributed by atoms with E-state index < -0.39 is 4.92 Å². The lowest BCUT2D eigenvalue weighted by Crippen LogP contribution is -2.21. The number of hydrogen-bond acceptors (Lipinski definition) is 5. The lowest BCUT2D eigenvalue weighted by atomic mass is 10.1. The molecule has 0 saturated heterocycles. The van der Waals surface area contributed by atoms with Crippen molar-refractivity contribution in [3.63, 3.8) is 0 Å². The number of nitro benzene ring substituents is 1. The molecule has 0 aromatic heterocycles. The molecule has 0 N–H and O–H groups in total. The van der Waals surface area contributed by atoms with Crippen LogP contribution in [-0.4, -0.2) is 43.4 Å². The Morgan fingerprint density at radius 1 is 1.47 bits per heavy atom. The molecule has 0 fully saturated rings. The summed E-state index contributed by atoms with van der Waals surface area (Å²) in [7, 11) is 4.87. The van der Waals surface area contributed by atoms with E-state index >= 15 is 0 Å². The van der Waals surface area contributed by atoms with Crippen LogP contribution in [-0.2, 0) is 0 Å². The van der Waals surface area contributed by atoms with E-state index in [1.807, 2.05) is 0 Å². The van der Waals surface area contributed by atoms with Gasteiger partial charge in [0.1, 0.15) is 0 Å². The highest BCUT2D eigenvalue weighted by molar-refractivity contribution is 5.98. The maximum absolute atomic E-state index is 11.7. The molecule has 17 heavy (non-hydrogen) atoms. The smallest absolute Gasteiger partial charge is 0.311 e. The molecule has 0 aliphatic heterocycles. The zero-order chi connectivity index (χ0) is 13.0. The molecule has 0 aliphatic rings. The Morgan fingerprint density at radius 2 is 2.12 bits per heavy atom. The minimum absolute atomic E-state index is 0.149. The molecule has 0 spiro atoms. The highest BCUT2D eigenvalue weighted by Gasteiger charge is 2.18. The van der Waals surface area contributed by atoms with Gasteiger partial charge in [0.2, 0.25) is 0 Å². The third-order valence-electron chi connectivity index (χ3n) is 2.16. The van der Waals surface area contributed by atoms with Crippen molar-refractivity contribution >= 4 is 11.5 Å². The van der Waals surface area contributed by atoms with E-state index in [0.717, 1.165) is 0 Å². The fraction of sp³-hybridized carbons (Fsp3) is 0.364. The average molecular weight is 238 g/mol. The van der Waals surface area contributed by atoms with E-state index in [9.17, 15) is 14.9 Å². The van der Waals surface area contributed by atoms with E-state index in [1.54, 1.807) is 19.0 Å². The molecule has 0 saturated carbocycles. The number of carbonyl (C=O) groups is 1. The summed E-state index contributed by atoms with van der Waals surface area (Å²) in [5.41, 5.74) is 0.114. The summed E-state index contributed by atoms with van der Waals surface area (Å²) in [6, 6.07) is 4.20. The van der Waals surface area contributed by atoms with Gasteiger partial charge in [-0.2, -0.15) is 0 Å². The molecular weight excluding hydrogens is 224 g/mol. The van der Waals surface area contributed by atoms with Gasteiger partial charge in [-0.3, -0.25) is 14.9 Å². The number of nitrogens with zero attached hydrogens (tertiary/aromatic N) is 2. The lowest BCUT2D eigenvalue weighted by Gasteiger charge is -2.08. The Hall–Kier alpha value is -1.95. The zero-order valence-electron chi connectivity index (χ0n) is 9.97. The Kier molecular flexibility index (Phi) is 4.17. The normalized spacial score (nSPS) is 10.4. The number of benzene rings is 1. The quantitative estimate of drug-likeness (QED) is 0.440. The summed E-state index contributed by atoms with van der Waals surface area (Å²) in [5, 5.41) is 10.8. The first-order valence-electron chi connectivity index (χ1n) is 4.96. The Morgan fingerprint density at radius 3 is 2.59 bits per heavy atom. The van der Waals surface area contributed by atoms with Crippen molar-refractivity contribution < 1.29 is 14.5 Å². The van der Waals surface area contributed by atoms with E-state index in [0.29, 0.717) is 5.56 Å². The van der Waals surface area contributed by atoms with E-state index in [4.69, 9.17) is 4.74 Å². The summed E-state index contributed by atoms with van der Waals surface area (Å²) in [6.45, 7) is 0.212. The molecule has 1 aromatic carbocycles. The van der Waals surface area contributed by atoms with Crippen LogP contribution in [0.4, 0.5) is 5.69 Å². The van der Waals surface area contributed by atoms with E-state index in [-0.39, 0.29) is 23.8 Å². The summed E-state index contributed by atoms with van der Waals surface area (Å²) in [4.78, 5) is 23.6. The number of likely N-dealkylation sites (N-methyl/N-ethyl adjacent to an activating group) is 1. The van der Waals surface area contributed by atoms with Crippen LogP contribution in [0.5, 0.6) is 5.75 Å². The number of nitro groups is 1. The molecule has 0 unspecified atom stereocenters. The van der Waals surface area contributed by atoms with Gasteiger partial charge in [-0.1, -0.05) is 0 Å². The van der Waals surface area contributed by atoms with Gasteiger partial charge in [0, 0.05) is 11.6 Å². The molecule has 1 rings (SSSR count). The highest BCUT2D eigenvalue weighted by atomic mass is 16.6. The van der Waals surface area contributed by atoms with Crippen LogP contribution in [0.1, 0.15) is 10.4 Å². The lowest BCUT2D eigenvalue weighted by molar-refractivity contribution is -0.385. The van der Waals surface area contributed by atoms with Crippen molar-refractivity contribution in [1.82, 2.24) is 4.90 Å². The number of hydrogen-bond donors (Lipinski definition) is 0. The van der Waals surface area contributed by atoms with Gasteiger partial charge in [-0.25, -0.2) is 0 Å². The van der Waals surface area contributed by atoms with E-state index in [1.165, 1.54) is 25.3 Å². The number of carbonyl (C=O) groups excluding carboxylic acids is 1. The number of methoxy groups -OCH3 is 1. The van der Waals surface area contributed by atoms with Crippen molar-refractivity contribution in [2.75, 3.05) is 27.7 Å². The van der Waals surface area contributed by atoms with Crippen LogP contribution >= 0.6 is 0 Å². The maximum Gasteiger partial charge on any atom is 0.311 e. The number of ketones is 1. The second kappa shape index (κ2) is 5.40. The van der Waals surface area contributed by atoms with Gasteiger partial charge in [-0.05, 0) is 26.2 Å². The number of Topliss-reactive ketones (excluding diaryl/α,β-unsaturated/α-hetero) is 1. The Bertz CT molecular complexity index is 443. The van der Waals surface area contributed by atoms with Crippen LogP contribution in [0.15, 0.2) is 18.2 Å². The molecule has 0 radical (unpaired) electrons. The second-order valence-corrected chi connectivity index (χ2v) is 3.80. The highest BCUT2D eigenvalue weighted by Crippen LogP contribution is 2.27. The number of ether oxygens (including phenoxy) is 1. The van der Waals surface area contributed by atoms with Gasteiger partial charge in [0.05, 0.1) is 18.6 Å². The van der Waals surface area contributed by atoms with Crippen molar-refractivity contribution in [1.29, 1.82) is 0 Å².